The standard InChI is InChI=1S/C9H9N5S/c10-8(11)6-1-2-12-7(5-6)15-9-13-3-4-14-9/h1-5H,(H3,10,11)(H,13,14). The molecule has 0 aliphatic rings. The van der Waals surface area contributed by atoms with Crippen LogP contribution in [0.15, 0.2) is 40.9 Å². The number of nitrogen functional groups attached to an aromatic ring is 1. The third-order valence-corrected chi connectivity index (χ3v) is 2.57. The average molecular weight is 219 g/mol. The summed E-state index contributed by atoms with van der Waals surface area (Å²) in [6.07, 6.45) is 5.05. The van der Waals surface area contributed by atoms with Gasteiger partial charge in [-0.2, -0.15) is 0 Å². The summed E-state index contributed by atoms with van der Waals surface area (Å²) in [5.74, 6) is 0.0405. The van der Waals surface area contributed by atoms with E-state index >= 15 is 0 Å². The van der Waals surface area contributed by atoms with E-state index in [9.17, 15) is 0 Å². The van der Waals surface area contributed by atoms with Gasteiger partial charge >= 0.3 is 0 Å². The predicted octanol–water partition coefficient (Wildman–Crippen LogP) is 1.24. The van der Waals surface area contributed by atoms with Crippen LogP contribution in [0.1, 0.15) is 5.56 Å². The Bertz CT molecular complexity index is 465. The topological polar surface area (TPSA) is 91.4 Å². The normalized spacial score (nSPS) is 10.1. The SMILES string of the molecule is N=C(N)c1ccnc(Sc2ncc[nH]2)c1. The lowest BCUT2D eigenvalue weighted by Gasteiger charge is -2.00. The third-order valence-electron chi connectivity index (χ3n) is 1.72. The van der Waals surface area contributed by atoms with Crippen molar-refractivity contribution in [3.05, 3.63) is 36.3 Å². The van der Waals surface area contributed by atoms with Gasteiger partial charge in [-0.1, -0.05) is 0 Å². The first kappa shape index (κ1) is 9.72. The van der Waals surface area contributed by atoms with Crippen molar-refractivity contribution in [2.75, 3.05) is 0 Å². The lowest BCUT2D eigenvalue weighted by atomic mass is 10.2. The Labute approximate surface area is 90.7 Å². The summed E-state index contributed by atoms with van der Waals surface area (Å²) < 4.78 is 0. The number of nitrogens with zero attached hydrogens (tertiary/aromatic N) is 2. The molecule has 2 rings (SSSR count). The number of aromatic amines is 1. The Morgan fingerprint density at radius 2 is 2.27 bits per heavy atom. The van der Waals surface area contributed by atoms with Gasteiger partial charge in [-0.25, -0.2) is 9.97 Å². The van der Waals surface area contributed by atoms with Crippen LogP contribution >= 0.6 is 11.8 Å². The minimum atomic E-state index is 0.0405. The fourth-order valence-electron chi connectivity index (χ4n) is 1.04. The van der Waals surface area contributed by atoms with Crippen LogP contribution in [0.25, 0.3) is 0 Å². The van der Waals surface area contributed by atoms with Crippen LogP contribution in [-0.2, 0) is 0 Å². The van der Waals surface area contributed by atoms with E-state index in [4.69, 9.17) is 11.1 Å². The number of aromatic nitrogens is 3. The molecule has 0 amide bonds. The molecule has 0 aliphatic carbocycles. The fraction of sp³-hybridized carbons (Fsp3) is 0. The van der Waals surface area contributed by atoms with E-state index in [0.717, 1.165) is 10.2 Å². The Hall–Kier alpha value is -1.82. The number of nitrogens with one attached hydrogen (secondary N) is 2. The van der Waals surface area contributed by atoms with Gasteiger partial charge in [0.1, 0.15) is 10.9 Å². The molecule has 0 aliphatic heterocycles. The van der Waals surface area contributed by atoms with Gasteiger partial charge in [0.2, 0.25) is 0 Å². The maximum atomic E-state index is 7.30. The van der Waals surface area contributed by atoms with Gasteiger partial charge in [0.15, 0.2) is 5.16 Å². The van der Waals surface area contributed by atoms with E-state index in [2.05, 4.69) is 15.0 Å². The molecule has 2 aromatic rings. The number of H-pyrrole nitrogens is 1. The number of hydrogen-bond donors (Lipinski definition) is 3. The van der Waals surface area contributed by atoms with E-state index in [-0.39, 0.29) is 5.84 Å². The molecule has 0 aromatic carbocycles. The molecular weight excluding hydrogens is 210 g/mol. The van der Waals surface area contributed by atoms with E-state index in [1.807, 2.05) is 0 Å². The lowest BCUT2D eigenvalue weighted by molar-refractivity contribution is 1.04. The molecule has 76 valence electrons. The molecule has 15 heavy (non-hydrogen) atoms. The van der Waals surface area contributed by atoms with Crippen LogP contribution in [0.4, 0.5) is 0 Å². The molecular formula is C9H9N5S. The number of imidazole rings is 1. The number of nitrogens with two attached hydrogens (primary N) is 1. The third kappa shape index (κ3) is 2.35. The molecule has 0 bridgehead atoms. The van der Waals surface area contributed by atoms with E-state index < -0.39 is 0 Å². The van der Waals surface area contributed by atoms with Crippen LogP contribution in [-0.4, -0.2) is 20.8 Å². The van der Waals surface area contributed by atoms with Crippen molar-refractivity contribution < 1.29 is 0 Å². The Balaban J connectivity index is 2.22. The monoisotopic (exact) mass is 219 g/mol. The van der Waals surface area contributed by atoms with Gasteiger partial charge in [0.25, 0.3) is 0 Å². The summed E-state index contributed by atoms with van der Waals surface area (Å²) in [5, 5.41) is 8.83. The molecule has 0 fully saturated rings. The summed E-state index contributed by atoms with van der Waals surface area (Å²) in [6, 6.07) is 3.46. The number of rotatable bonds is 3. The molecule has 6 heteroatoms. The molecule has 5 nitrogen and oxygen atoms in total. The first-order chi connectivity index (χ1) is 7.25. The fourth-order valence-corrected chi connectivity index (χ4v) is 1.78. The molecule has 0 saturated heterocycles. The highest BCUT2D eigenvalue weighted by atomic mass is 32.2. The average Bonchev–Trinajstić information content (AvgIpc) is 2.71. The van der Waals surface area contributed by atoms with Crippen molar-refractivity contribution in [1.29, 1.82) is 5.41 Å². The minimum Gasteiger partial charge on any atom is -0.384 e. The molecule has 2 heterocycles. The summed E-state index contributed by atoms with van der Waals surface area (Å²) >= 11 is 1.40. The van der Waals surface area contributed by atoms with Gasteiger partial charge in [-0.15, -0.1) is 0 Å². The first-order valence-electron chi connectivity index (χ1n) is 4.23. The predicted molar refractivity (Wildman–Crippen MR) is 58.0 cm³/mol. The Morgan fingerprint density at radius 3 is 2.93 bits per heavy atom. The molecule has 0 spiro atoms. The van der Waals surface area contributed by atoms with Crippen LogP contribution in [0.3, 0.4) is 0 Å². The number of pyridine rings is 1. The van der Waals surface area contributed by atoms with Gasteiger partial charge in [0, 0.05) is 24.2 Å². The van der Waals surface area contributed by atoms with Crippen molar-refractivity contribution in [2.45, 2.75) is 10.2 Å². The molecule has 4 N–H and O–H groups in total. The highest BCUT2D eigenvalue weighted by Gasteiger charge is 2.03. The molecule has 0 unspecified atom stereocenters. The van der Waals surface area contributed by atoms with E-state index in [0.29, 0.717) is 5.56 Å². The largest absolute Gasteiger partial charge is 0.384 e. The van der Waals surface area contributed by atoms with E-state index in [1.165, 1.54) is 11.8 Å². The number of amidine groups is 1. The van der Waals surface area contributed by atoms with Gasteiger partial charge < -0.3 is 10.7 Å². The van der Waals surface area contributed by atoms with Crippen LogP contribution in [0.5, 0.6) is 0 Å². The highest BCUT2D eigenvalue weighted by molar-refractivity contribution is 7.99. The zero-order valence-corrected chi connectivity index (χ0v) is 8.58. The van der Waals surface area contributed by atoms with Crippen molar-refractivity contribution in [2.24, 2.45) is 5.73 Å². The maximum Gasteiger partial charge on any atom is 0.171 e. The summed E-state index contributed by atoms with van der Waals surface area (Å²) in [6.45, 7) is 0. The lowest BCUT2D eigenvalue weighted by Crippen LogP contribution is -2.10. The van der Waals surface area contributed by atoms with E-state index in [1.54, 1.807) is 30.7 Å². The Morgan fingerprint density at radius 1 is 1.40 bits per heavy atom. The quantitative estimate of drug-likeness (QED) is 0.535. The second-order valence-corrected chi connectivity index (χ2v) is 3.80. The van der Waals surface area contributed by atoms with Crippen molar-refractivity contribution in [3.8, 4) is 0 Å². The maximum absolute atomic E-state index is 7.30. The van der Waals surface area contributed by atoms with Crippen molar-refractivity contribution in [3.63, 3.8) is 0 Å². The summed E-state index contributed by atoms with van der Waals surface area (Å²) in [5.41, 5.74) is 6.04. The van der Waals surface area contributed by atoms with Gasteiger partial charge in [-0.05, 0) is 23.9 Å². The van der Waals surface area contributed by atoms with Crippen molar-refractivity contribution in [1.82, 2.24) is 15.0 Å². The summed E-state index contributed by atoms with van der Waals surface area (Å²) in [7, 11) is 0. The zero-order valence-electron chi connectivity index (χ0n) is 7.77. The van der Waals surface area contributed by atoms with Crippen LogP contribution in [0, 0.1) is 5.41 Å². The molecule has 2 aromatic heterocycles. The van der Waals surface area contributed by atoms with Crippen LogP contribution in [0.2, 0.25) is 0 Å². The van der Waals surface area contributed by atoms with Crippen LogP contribution < -0.4 is 5.73 Å². The number of hydrogen-bond acceptors (Lipinski definition) is 4. The molecule has 0 saturated carbocycles. The molecule has 0 radical (unpaired) electrons. The second-order valence-electron chi connectivity index (χ2n) is 2.79. The minimum absolute atomic E-state index is 0.0405. The Kier molecular flexibility index (Phi) is 2.68. The highest BCUT2D eigenvalue weighted by Crippen LogP contribution is 2.22. The second kappa shape index (κ2) is 4.14. The van der Waals surface area contributed by atoms with Gasteiger partial charge in [0.05, 0.1) is 0 Å². The smallest absolute Gasteiger partial charge is 0.171 e. The zero-order chi connectivity index (χ0) is 10.7. The first-order valence-corrected chi connectivity index (χ1v) is 5.05. The van der Waals surface area contributed by atoms with Crippen molar-refractivity contribution >= 4 is 17.6 Å². The van der Waals surface area contributed by atoms with Gasteiger partial charge in [-0.3, -0.25) is 5.41 Å². The summed E-state index contributed by atoms with van der Waals surface area (Å²) in [4.78, 5) is 11.2. The molecule has 0 atom stereocenters.